The molecule has 0 aromatic heterocycles. The molecule has 0 spiro atoms. The molecule has 106 valence electrons. The summed E-state index contributed by atoms with van der Waals surface area (Å²) in [6.07, 6.45) is 3.61. The van der Waals surface area contributed by atoms with Crippen LogP contribution < -0.4 is 5.32 Å². The number of aliphatic hydroxyl groups excluding tert-OH is 1. The van der Waals surface area contributed by atoms with Crippen LogP contribution in [0.1, 0.15) is 31.2 Å². The summed E-state index contributed by atoms with van der Waals surface area (Å²) in [7, 11) is 0. The van der Waals surface area contributed by atoms with E-state index >= 15 is 0 Å². The van der Waals surface area contributed by atoms with Crippen LogP contribution >= 0.6 is 0 Å². The van der Waals surface area contributed by atoms with Crippen LogP contribution in [0.3, 0.4) is 0 Å². The highest BCUT2D eigenvalue weighted by molar-refractivity contribution is 5.91. The molecule has 1 fully saturated rings. The molecule has 1 unspecified atom stereocenters. The molecule has 4 heteroatoms. The van der Waals surface area contributed by atoms with E-state index in [0.717, 1.165) is 37.1 Å². The zero-order valence-corrected chi connectivity index (χ0v) is 11.4. The molecule has 1 atom stereocenters. The highest BCUT2D eigenvalue weighted by atomic mass is 16.5. The van der Waals surface area contributed by atoms with Gasteiger partial charge in [0.2, 0.25) is 5.91 Å². The number of benzene rings is 1. The fourth-order valence-corrected chi connectivity index (χ4v) is 2.20. The van der Waals surface area contributed by atoms with E-state index in [0.29, 0.717) is 6.42 Å². The van der Waals surface area contributed by atoms with E-state index in [4.69, 9.17) is 9.84 Å². The number of rotatable bonds is 3. The van der Waals surface area contributed by atoms with E-state index in [2.05, 4.69) is 17.2 Å². The molecule has 1 aromatic carbocycles. The Morgan fingerprint density at radius 2 is 2.35 bits per heavy atom. The molecule has 1 heterocycles. The molecule has 20 heavy (non-hydrogen) atoms. The summed E-state index contributed by atoms with van der Waals surface area (Å²) < 4.78 is 5.55. The predicted octanol–water partition coefficient (Wildman–Crippen LogP) is 1.93. The summed E-state index contributed by atoms with van der Waals surface area (Å²) in [5.41, 5.74) is 1.49. The molecule has 0 saturated carbocycles. The molecule has 1 aromatic rings. The fraction of sp³-hybridized carbons (Fsp3) is 0.438. The summed E-state index contributed by atoms with van der Waals surface area (Å²) in [5, 5.41) is 11.5. The van der Waals surface area contributed by atoms with E-state index in [1.165, 1.54) is 0 Å². The van der Waals surface area contributed by atoms with Gasteiger partial charge in [-0.15, -0.1) is 0 Å². The molecule has 2 rings (SSSR count). The predicted molar refractivity (Wildman–Crippen MR) is 77.2 cm³/mol. The first-order valence-electron chi connectivity index (χ1n) is 6.89. The molecule has 0 radical (unpaired) electrons. The topological polar surface area (TPSA) is 58.6 Å². The van der Waals surface area contributed by atoms with Crippen molar-refractivity contribution in [1.82, 2.24) is 0 Å². The maximum absolute atomic E-state index is 11.9. The standard InChI is InChI=1S/C16H19NO3/c18-9-4-6-13-5-3-7-14(11-13)17-16(19)12-15-8-1-2-10-20-15/h3,5,7,11,15,18H,1-2,8-10,12H2,(H,17,19). The summed E-state index contributed by atoms with van der Waals surface area (Å²) in [4.78, 5) is 11.9. The van der Waals surface area contributed by atoms with Gasteiger partial charge in [-0.2, -0.15) is 0 Å². The number of nitrogens with one attached hydrogen (secondary N) is 1. The quantitative estimate of drug-likeness (QED) is 0.827. The van der Waals surface area contributed by atoms with Crippen molar-refractivity contribution < 1.29 is 14.6 Å². The monoisotopic (exact) mass is 273 g/mol. The van der Waals surface area contributed by atoms with Crippen molar-refractivity contribution >= 4 is 11.6 Å². The van der Waals surface area contributed by atoms with Gasteiger partial charge in [-0.05, 0) is 37.5 Å². The van der Waals surface area contributed by atoms with Crippen molar-refractivity contribution in [2.24, 2.45) is 0 Å². The van der Waals surface area contributed by atoms with E-state index in [-0.39, 0.29) is 18.6 Å². The Hall–Kier alpha value is -1.83. The fourth-order valence-electron chi connectivity index (χ4n) is 2.20. The molecule has 1 amide bonds. The lowest BCUT2D eigenvalue weighted by Crippen LogP contribution is -2.25. The van der Waals surface area contributed by atoms with E-state index < -0.39 is 0 Å². The van der Waals surface area contributed by atoms with Crippen molar-refractivity contribution in [2.75, 3.05) is 18.5 Å². The number of carbonyl (C=O) groups excluding carboxylic acids is 1. The van der Waals surface area contributed by atoms with Crippen LogP contribution in [0.5, 0.6) is 0 Å². The van der Waals surface area contributed by atoms with Crippen LogP contribution in [0.15, 0.2) is 24.3 Å². The van der Waals surface area contributed by atoms with Crippen molar-refractivity contribution in [2.45, 2.75) is 31.8 Å². The van der Waals surface area contributed by atoms with Crippen molar-refractivity contribution in [3.8, 4) is 11.8 Å². The van der Waals surface area contributed by atoms with Gasteiger partial charge in [0.15, 0.2) is 0 Å². The van der Waals surface area contributed by atoms with Crippen LogP contribution in [0.25, 0.3) is 0 Å². The third-order valence-corrected chi connectivity index (χ3v) is 3.15. The Bertz CT molecular complexity index is 510. The Kier molecular flexibility index (Phi) is 5.60. The first-order chi connectivity index (χ1) is 9.78. The van der Waals surface area contributed by atoms with E-state index in [9.17, 15) is 4.79 Å². The molecular formula is C16H19NO3. The lowest BCUT2D eigenvalue weighted by Gasteiger charge is -2.21. The Morgan fingerprint density at radius 3 is 3.10 bits per heavy atom. The highest BCUT2D eigenvalue weighted by Gasteiger charge is 2.17. The van der Waals surface area contributed by atoms with E-state index in [1.807, 2.05) is 18.2 Å². The van der Waals surface area contributed by atoms with Gasteiger partial charge >= 0.3 is 0 Å². The number of hydrogen-bond acceptors (Lipinski definition) is 3. The maximum atomic E-state index is 11.9. The number of ether oxygens (including phenoxy) is 1. The van der Waals surface area contributed by atoms with Gasteiger partial charge in [0, 0.05) is 17.9 Å². The SMILES string of the molecule is O=C(CC1CCCCO1)Nc1cccc(C#CCO)c1. The average Bonchev–Trinajstić information content (AvgIpc) is 2.46. The maximum Gasteiger partial charge on any atom is 0.226 e. The van der Waals surface area contributed by atoms with Crippen LogP contribution in [-0.4, -0.2) is 30.3 Å². The van der Waals surface area contributed by atoms with Crippen molar-refractivity contribution in [1.29, 1.82) is 0 Å². The first kappa shape index (κ1) is 14.6. The van der Waals surface area contributed by atoms with Gasteiger partial charge in [-0.3, -0.25) is 4.79 Å². The average molecular weight is 273 g/mol. The second-order valence-corrected chi connectivity index (χ2v) is 4.78. The number of amides is 1. The Labute approximate surface area is 119 Å². The van der Waals surface area contributed by atoms with Crippen LogP contribution in [0, 0.1) is 11.8 Å². The molecule has 1 saturated heterocycles. The summed E-state index contributed by atoms with van der Waals surface area (Å²) in [6, 6.07) is 7.28. The third kappa shape index (κ3) is 4.69. The molecule has 0 bridgehead atoms. The second-order valence-electron chi connectivity index (χ2n) is 4.78. The first-order valence-corrected chi connectivity index (χ1v) is 6.89. The van der Waals surface area contributed by atoms with Crippen LogP contribution in [0.2, 0.25) is 0 Å². The normalized spacial score (nSPS) is 17.9. The number of carbonyl (C=O) groups is 1. The zero-order valence-electron chi connectivity index (χ0n) is 11.4. The van der Waals surface area contributed by atoms with Gasteiger partial charge in [0.05, 0.1) is 12.5 Å². The van der Waals surface area contributed by atoms with Gasteiger partial charge in [0.25, 0.3) is 0 Å². The minimum absolute atomic E-state index is 0.0378. The molecule has 0 aliphatic carbocycles. The molecule has 4 nitrogen and oxygen atoms in total. The third-order valence-electron chi connectivity index (χ3n) is 3.15. The minimum atomic E-state index is -0.171. The molecule has 1 aliphatic rings. The van der Waals surface area contributed by atoms with Crippen molar-refractivity contribution in [3.63, 3.8) is 0 Å². The minimum Gasteiger partial charge on any atom is -0.384 e. The largest absolute Gasteiger partial charge is 0.384 e. The molecule has 2 N–H and O–H groups in total. The lowest BCUT2D eigenvalue weighted by atomic mass is 10.1. The smallest absolute Gasteiger partial charge is 0.226 e. The Morgan fingerprint density at radius 1 is 1.45 bits per heavy atom. The highest BCUT2D eigenvalue weighted by Crippen LogP contribution is 2.17. The van der Waals surface area contributed by atoms with Crippen LogP contribution in [-0.2, 0) is 9.53 Å². The summed E-state index contributed by atoms with van der Waals surface area (Å²) in [5.74, 6) is 5.36. The Balaban J connectivity index is 1.90. The van der Waals surface area contributed by atoms with Gasteiger partial charge in [-0.1, -0.05) is 17.9 Å². The van der Waals surface area contributed by atoms with E-state index in [1.54, 1.807) is 6.07 Å². The van der Waals surface area contributed by atoms with Gasteiger partial charge in [-0.25, -0.2) is 0 Å². The van der Waals surface area contributed by atoms with Gasteiger partial charge < -0.3 is 15.2 Å². The second kappa shape index (κ2) is 7.68. The number of anilines is 1. The zero-order chi connectivity index (χ0) is 14.2. The molecule has 1 aliphatic heterocycles. The van der Waals surface area contributed by atoms with Crippen LogP contribution in [0.4, 0.5) is 5.69 Å². The summed E-state index contributed by atoms with van der Waals surface area (Å²) >= 11 is 0. The number of aliphatic hydroxyl groups is 1. The lowest BCUT2D eigenvalue weighted by molar-refractivity contribution is -0.119. The molecular weight excluding hydrogens is 254 g/mol. The number of hydrogen-bond donors (Lipinski definition) is 2. The summed E-state index contributed by atoms with van der Waals surface area (Å²) in [6.45, 7) is 0.583. The van der Waals surface area contributed by atoms with Gasteiger partial charge in [0.1, 0.15) is 6.61 Å². The van der Waals surface area contributed by atoms with Crippen molar-refractivity contribution in [3.05, 3.63) is 29.8 Å².